The van der Waals surface area contributed by atoms with Crippen LogP contribution >= 0.6 is 0 Å². The lowest BCUT2D eigenvalue weighted by Crippen LogP contribution is -2.53. The minimum Gasteiger partial charge on any atom is -0.311 e. The van der Waals surface area contributed by atoms with Crippen LogP contribution in [0.5, 0.6) is 0 Å². The van der Waals surface area contributed by atoms with Crippen LogP contribution in [0.2, 0.25) is 0 Å². The zero-order chi connectivity index (χ0) is 12.8. The van der Waals surface area contributed by atoms with Gasteiger partial charge in [0, 0.05) is 6.54 Å². The number of rotatable bonds is 3. The second-order valence-corrected chi connectivity index (χ2v) is 6.26. The van der Waals surface area contributed by atoms with Gasteiger partial charge >= 0.3 is 6.03 Å². The summed E-state index contributed by atoms with van der Waals surface area (Å²) in [5, 5.41) is 11.0. The van der Waals surface area contributed by atoms with Crippen molar-refractivity contribution in [1.82, 2.24) is 10.2 Å². The first kappa shape index (κ1) is 12.0. The van der Waals surface area contributed by atoms with Crippen LogP contribution in [0.3, 0.4) is 0 Å². The minimum atomic E-state index is -0.279. The maximum Gasteiger partial charge on any atom is 0.323 e. The predicted molar refractivity (Wildman–Crippen MR) is 70.7 cm³/mol. The van der Waals surface area contributed by atoms with Gasteiger partial charge in [0.25, 0.3) is 0 Å². The molecule has 1 saturated heterocycles. The number of carbonyl (C=O) groups is 1. The van der Waals surface area contributed by atoms with Crippen molar-refractivity contribution in [3.8, 4) is 0 Å². The molecule has 0 aromatic rings. The maximum absolute atomic E-state index is 12.1. The normalized spacial score (nSPS) is 36.3. The number of amidine groups is 1. The Morgan fingerprint density at radius 3 is 2.83 bits per heavy atom. The molecule has 0 radical (unpaired) electrons. The highest BCUT2D eigenvalue weighted by atomic mass is 16.2. The molecule has 4 nitrogen and oxygen atoms in total. The fourth-order valence-electron chi connectivity index (χ4n) is 3.62. The van der Waals surface area contributed by atoms with Gasteiger partial charge in [-0.2, -0.15) is 0 Å². The Morgan fingerprint density at radius 1 is 1.39 bits per heavy atom. The molecular formula is C14H23N3O. The number of nitrogens with one attached hydrogen (secondary N) is 2. The molecule has 0 aromatic heterocycles. The van der Waals surface area contributed by atoms with Gasteiger partial charge in [0.1, 0.15) is 11.4 Å². The van der Waals surface area contributed by atoms with Gasteiger partial charge in [-0.15, -0.1) is 0 Å². The third-order valence-electron chi connectivity index (χ3n) is 5.00. The molecule has 3 fully saturated rings. The Balaban J connectivity index is 1.84. The van der Waals surface area contributed by atoms with E-state index in [0.717, 1.165) is 25.8 Å². The SMILES string of the molecule is CCC1CCCC2(C1)C(=N)NC(=O)N2CC1CC1. The predicted octanol–water partition coefficient (Wildman–Crippen LogP) is 2.74. The average molecular weight is 249 g/mol. The molecule has 3 aliphatic rings. The highest BCUT2D eigenvalue weighted by Crippen LogP contribution is 2.43. The quantitative estimate of drug-likeness (QED) is 0.794. The molecule has 18 heavy (non-hydrogen) atoms. The smallest absolute Gasteiger partial charge is 0.311 e. The summed E-state index contributed by atoms with van der Waals surface area (Å²) in [6.07, 6.45) is 8.06. The van der Waals surface area contributed by atoms with E-state index in [1.54, 1.807) is 0 Å². The molecule has 0 bridgehead atoms. The molecule has 1 aliphatic heterocycles. The monoisotopic (exact) mass is 249 g/mol. The highest BCUT2D eigenvalue weighted by molar-refractivity contribution is 6.08. The molecule has 4 heteroatoms. The number of carbonyl (C=O) groups excluding carboxylic acids is 1. The van der Waals surface area contributed by atoms with Crippen molar-refractivity contribution in [2.24, 2.45) is 11.8 Å². The molecule has 2 amide bonds. The Labute approximate surface area is 109 Å². The Kier molecular flexibility index (Phi) is 2.83. The summed E-state index contributed by atoms with van der Waals surface area (Å²) < 4.78 is 0. The number of hydrogen-bond donors (Lipinski definition) is 2. The molecule has 1 heterocycles. The minimum absolute atomic E-state index is 0.0244. The fraction of sp³-hybridized carbons (Fsp3) is 0.857. The first-order chi connectivity index (χ1) is 8.65. The Morgan fingerprint density at radius 2 is 2.17 bits per heavy atom. The van der Waals surface area contributed by atoms with Crippen molar-refractivity contribution in [2.45, 2.75) is 57.4 Å². The van der Waals surface area contributed by atoms with Gasteiger partial charge in [0.05, 0.1) is 0 Å². The van der Waals surface area contributed by atoms with Crippen LogP contribution in [0.25, 0.3) is 0 Å². The highest BCUT2D eigenvalue weighted by Gasteiger charge is 2.52. The van der Waals surface area contributed by atoms with Crippen LogP contribution in [-0.4, -0.2) is 28.9 Å². The molecule has 1 spiro atoms. The van der Waals surface area contributed by atoms with Gasteiger partial charge in [-0.05, 0) is 37.5 Å². The van der Waals surface area contributed by atoms with Crippen molar-refractivity contribution in [3.63, 3.8) is 0 Å². The molecule has 2 unspecified atom stereocenters. The lowest BCUT2D eigenvalue weighted by molar-refractivity contribution is 0.118. The first-order valence-electron chi connectivity index (χ1n) is 7.33. The zero-order valence-corrected chi connectivity index (χ0v) is 11.2. The summed E-state index contributed by atoms with van der Waals surface area (Å²) in [5.74, 6) is 1.83. The summed E-state index contributed by atoms with van der Waals surface area (Å²) in [5.41, 5.74) is -0.279. The summed E-state index contributed by atoms with van der Waals surface area (Å²) in [7, 11) is 0. The van der Waals surface area contributed by atoms with Crippen LogP contribution in [0.4, 0.5) is 4.79 Å². The summed E-state index contributed by atoms with van der Waals surface area (Å²) >= 11 is 0. The van der Waals surface area contributed by atoms with Crippen LogP contribution < -0.4 is 5.32 Å². The molecular weight excluding hydrogens is 226 g/mol. The number of hydrogen-bond acceptors (Lipinski definition) is 2. The van der Waals surface area contributed by atoms with E-state index < -0.39 is 0 Å². The molecule has 2 N–H and O–H groups in total. The van der Waals surface area contributed by atoms with E-state index in [9.17, 15) is 4.79 Å². The topological polar surface area (TPSA) is 56.2 Å². The van der Waals surface area contributed by atoms with Gasteiger partial charge in [-0.25, -0.2) is 4.79 Å². The molecule has 100 valence electrons. The van der Waals surface area contributed by atoms with Gasteiger partial charge in [-0.1, -0.05) is 26.2 Å². The van der Waals surface area contributed by atoms with Crippen LogP contribution in [-0.2, 0) is 0 Å². The number of amides is 2. The molecule has 2 saturated carbocycles. The average Bonchev–Trinajstić information content (AvgIpc) is 3.16. The lowest BCUT2D eigenvalue weighted by Gasteiger charge is -2.42. The van der Waals surface area contributed by atoms with Crippen molar-refractivity contribution in [1.29, 1.82) is 5.41 Å². The van der Waals surface area contributed by atoms with Crippen molar-refractivity contribution in [3.05, 3.63) is 0 Å². The van der Waals surface area contributed by atoms with Crippen LogP contribution in [0.1, 0.15) is 51.9 Å². The van der Waals surface area contributed by atoms with E-state index >= 15 is 0 Å². The van der Waals surface area contributed by atoms with Crippen LogP contribution in [0.15, 0.2) is 0 Å². The zero-order valence-electron chi connectivity index (χ0n) is 11.2. The van der Waals surface area contributed by atoms with E-state index in [2.05, 4.69) is 12.2 Å². The molecule has 2 aliphatic carbocycles. The number of urea groups is 1. The van der Waals surface area contributed by atoms with E-state index in [-0.39, 0.29) is 11.6 Å². The Hall–Kier alpha value is -1.06. The first-order valence-corrected chi connectivity index (χ1v) is 7.33. The van der Waals surface area contributed by atoms with Crippen molar-refractivity contribution in [2.75, 3.05) is 6.54 Å². The van der Waals surface area contributed by atoms with E-state index in [0.29, 0.717) is 17.7 Å². The van der Waals surface area contributed by atoms with Crippen molar-refractivity contribution >= 4 is 11.9 Å². The third kappa shape index (κ3) is 1.82. The largest absolute Gasteiger partial charge is 0.323 e. The molecule has 0 aromatic carbocycles. The third-order valence-corrected chi connectivity index (χ3v) is 5.00. The maximum atomic E-state index is 12.1. The molecule has 2 atom stereocenters. The van der Waals surface area contributed by atoms with Crippen molar-refractivity contribution < 1.29 is 4.79 Å². The van der Waals surface area contributed by atoms with Gasteiger partial charge < -0.3 is 4.90 Å². The van der Waals surface area contributed by atoms with Crippen LogP contribution in [0, 0.1) is 17.2 Å². The van der Waals surface area contributed by atoms with Gasteiger partial charge in [-0.3, -0.25) is 10.7 Å². The van der Waals surface area contributed by atoms with E-state index in [1.165, 1.54) is 25.7 Å². The Bertz CT molecular complexity index is 377. The second kappa shape index (κ2) is 4.25. The van der Waals surface area contributed by atoms with Gasteiger partial charge in [0.2, 0.25) is 0 Å². The van der Waals surface area contributed by atoms with E-state index in [4.69, 9.17) is 5.41 Å². The summed E-state index contributed by atoms with van der Waals surface area (Å²) in [6.45, 7) is 3.09. The fourth-order valence-corrected chi connectivity index (χ4v) is 3.62. The summed E-state index contributed by atoms with van der Waals surface area (Å²) in [4.78, 5) is 14.1. The summed E-state index contributed by atoms with van der Waals surface area (Å²) in [6, 6.07) is -0.0244. The second-order valence-electron chi connectivity index (χ2n) is 6.26. The number of nitrogens with zero attached hydrogens (tertiary/aromatic N) is 1. The molecule has 3 rings (SSSR count). The van der Waals surface area contributed by atoms with E-state index in [1.807, 2.05) is 4.90 Å². The standard InChI is InChI=1S/C14H23N3O/c1-2-10-4-3-7-14(8-10)12(15)16-13(18)17(14)9-11-5-6-11/h10-11H,2-9H2,1H3,(H2,15,16,18). The van der Waals surface area contributed by atoms with Gasteiger partial charge in [0.15, 0.2) is 0 Å². The lowest BCUT2D eigenvalue weighted by atomic mass is 9.73.